The van der Waals surface area contributed by atoms with E-state index in [1.807, 2.05) is 0 Å². The van der Waals surface area contributed by atoms with Crippen LogP contribution in [-0.2, 0) is 0 Å². The molecule has 0 aliphatic heterocycles. The molecule has 18 heavy (non-hydrogen) atoms. The van der Waals surface area contributed by atoms with Crippen molar-refractivity contribution in [3.8, 4) is 0 Å². The summed E-state index contributed by atoms with van der Waals surface area (Å²) in [6.45, 7) is 4.50. The van der Waals surface area contributed by atoms with E-state index in [-0.39, 0.29) is 11.7 Å². The van der Waals surface area contributed by atoms with Crippen LogP contribution in [0.5, 0.6) is 0 Å². The van der Waals surface area contributed by atoms with Gasteiger partial charge >= 0.3 is 0 Å². The summed E-state index contributed by atoms with van der Waals surface area (Å²) >= 11 is 11.8. The molecule has 0 saturated heterocycles. The summed E-state index contributed by atoms with van der Waals surface area (Å²) in [6, 6.07) is 5.17. The van der Waals surface area contributed by atoms with Crippen molar-refractivity contribution in [3.63, 3.8) is 0 Å². The van der Waals surface area contributed by atoms with Gasteiger partial charge in [0.25, 0.3) is 0 Å². The molecular weight excluding hydrogens is 267 g/mol. The lowest BCUT2D eigenvalue weighted by atomic mass is 9.73. The number of benzene rings is 1. The smallest absolute Gasteiger partial charge is 0.166 e. The largest absolute Gasteiger partial charge is 0.294 e. The molecule has 0 amide bonds. The first-order valence-electron chi connectivity index (χ1n) is 6.48. The van der Waals surface area contributed by atoms with Gasteiger partial charge in [-0.1, -0.05) is 37.0 Å². The number of carbonyl (C=O) groups excluding carboxylic acids is 1. The summed E-state index contributed by atoms with van der Waals surface area (Å²) in [4.78, 5) is 12.4. The highest BCUT2D eigenvalue weighted by atomic mass is 35.5. The van der Waals surface area contributed by atoms with Crippen LogP contribution in [-0.4, -0.2) is 5.78 Å². The lowest BCUT2D eigenvalue weighted by Crippen LogP contribution is -2.26. The van der Waals surface area contributed by atoms with Gasteiger partial charge in [0.1, 0.15) is 0 Å². The van der Waals surface area contributed by atoms with Gasteiger partial charge in [-0.15, -0.1) is 0 Å². The Morgan fingerprint density at radius 2 is 1.83 bits per heavy atom. The van der Waals surface area contributed by atoms with E-state index in [0.29, 0.717) is 21.5 Å². The number of ketones is 1. The Balaban J connectivity index is 2.14. The lowest BCUT2D eigenvalue weighted by Gasteiger charge is -2.31. The van der Waals surface area contributed by atoms with Crippen molar-refractivity contribution in [2.75, 3.05) is 0 Å². The summed E-state index contributed by atoms with van der Waals surface area (Å²) in [6.07, 6.45) is 3.11. The Hall–Kier alpha value is -0.530. The van der Waals surface area contributed by atoms with E-state index in [1.165, 1.54) is 0 Å². The number of halogens is 2. The van der Waals surface area contributed by atoms with Crippen LogP contribution in [0.3, 0.4) is 0 Å². The minimum absolute atomic E-state index is 0.147. The molecule has 0 N–H and O–H groups in total. The number of Topliss-reactive ketones (excluding diaryl/α,β-unsaturated/α-hetero) is 1. The van der Waals surface area contributed by atoms with Crippen LogP contribution < -0.4 is 0 Å². The van der Waals surface area contributed by atoms with E-state index in [4.69, 9.17) is 23.2 Å². The van der Waals surface area contributed by atoms with Crippen LogP contribution in [0, 0.1) is 17.8 Å². The van der Waals surface area contributed by atoms with Gasteiger partial charge in [0.15, 0.2) is 5.78 Å². The molecule has 3 heteroatoms. The molecule has 3 unspecified atom stereocenters. The standard InChI is InChI=1S/C15H18Cl2O/c1-9-3-4-11(7-10(9)2)15(18)12-5-6-13(16)14(17)8-12/h5-6,8-11H,3-4,7H2,1-2H3. The fourth-order valence-electron chi connectivity index (χ4n) is 2.67. The zero-order chi connectivity index (χ0) is 13.3. The molecule has 1 aromatic rings. The van der Waals surface area contributed by atoms with Gasteiger partial charge in [-0.05, 0) is 49.3 Å². The molecule has 1 nitrogen and oxygen atoms in total. The van der Waals surface area contributed by atoms with Gasteiger partial charge in [-0.2, -0.15) is 0 Å². The third-order valence-electron chi connectivity index (χ3n) is 4.17. The molecule has 2 rings (SSSR count). The van der Waals surface area contributed by atoms with Crippen molar-refractivity contribution in [2.45, 2.75) is 33.1 Å². The second kappa shape index (κ2) is 5.63. The summed E-state index contributed by atoms with van der Waals surface area (Å²) in [7, 11) is 0. The SMILES string of the molecule is CC1CCC(C(=O)c2ccc(Cl)c(Cl)c2)CC1C. The summed E-state index contributed by atoms with van der Waals surface area (Å²) < 4.78 is 0. The average Bonchev–Trinajstić information content (AvgIpc) is 2.35. The monoisotopic (exact) mass is 284 g/mol. The summed E-state index contributed by atoms with van der Waals surface area (Å²) in [5.41, 5.74) is 0.691. The molecule has 3 atom stereocenters. The maximum absolute atomic E-state index is 12.4. The quantitative estimate of drug-likeness (QED) is 0.678. The first-order chi connectivity index (χ1) is 8.49. The molecule has 0 heterocycles. The molecule has 0 aromatic heterocycles. The molecule has 1 aliphatic rings. The number of carbonyl (C=O) groups is 1. The van der Waals surface area contributed by atoms with Crippen LogP contribution in [0.25, 0.3) is 0 Å². The second-order valence-electron chi connectivity index (χ2n) is 5.46. The van der Waals surface area contributed by atoms with Crippen molar-refractivity contribution in [1.82, 2.24) is 0 Å². The predicted octanol–water partition coefficient (Wildman–Crippen LogP) is 5.25. The molecule has 0 bridgehead atoms. The fraction of sp³-hybridized carbons (Fsp3) is 0.533. The molecule has 1 saturated carbocycles. The van der Waals surface area contributed by atoms with Crippen molar-refractivity contribution in [3.05, 3.63) is 33.8 Å². The van der Waals surface area contributed by atoms with Crippen LogP contribution >= 0.6 is 23.2 Å². The Morgan fingerprint density at radius 1 is 1.11 bits per heavy atom. The Bertz CT molecular complexity index is 456. The van der Waals surface area contributed by atoms with Gasteiger partial charge in [0.2, 0.25) is 0 Å². The third kappa shape index (κ3) is 2.89. The molecule has 0 radical (unpaired) electrons. The fourth-order valence-corrected chi connectivity index (χ4v) is 2.97. The van der Waals surface area contributed by atoms with Gasteiger partial charge < -0.3 is 0 Å². The van der Waals surface area contributed by atoms with Crippen molar-refractivity contribution in [2.24, 2.45) is 17.8 Å². The van der Waals surface area contributed by atoms with Crippen molar-refractivity contribution < 1.29 is 4.79 Å². The average molecular weight is 285 g/mol. The Labute approximate surface area is 118 Å². The molecule has 1 aromatic carbocycles. The Kier molecular flexibility index (Phi) is 4.34. The van der Waals surface area contributed by atoms with Gasteiger partial charge in [0.05, 0.1) is 10.0 Å². The highest BCUT2D eigenvalue weighted by molar-refractivity contribution is 6.42. The van der Waals surface area contributed by atoms with Crippen LogP contribution in [0.1, 0.15) is 43.5 Å². The summed E-state index contributed by atoms with van der Waals surface area (Å²) in [5.74, 6) is 1.71. The topological polar surface area (TPSA) is 17.1 Å². The van der Waals surface area contributed by atoms with E-state index in [9.17, 15) is 4.79 Å². The predicted molar refractivity (Wildman–Crippen MR) is 76.5 cm³/mol. The number of hydrogen-bond acceptors (Lipinski definition) is 1. The van der Waals surface area contributed by atoms with E-state index in [1.54, 1.807) is 18.2 Å². The highest BCUT2D eigenvalue weighted by Crippen LogP contribution is 2.35. The highest BCUT2D eigenvalue weighted by Gasteiger charge is 2.29. The van der Waals surface area contributed by atoms with Crippen LogP contribution in [0.15, 0.2) is 18.2 Å². The summed E-state index contributed by atoms with van der Waals surface area (Å²) in [5, 5.41) is 0.957. The third-order valence-corrected chi connectivity index (χ3v) is 4.91. The van der Waals surface area contributed by atoms with E-state index in [0.717, 1.165) is 25.2 Å². The lowest BCUT2D eigenvalue weighted by molar-refractivity contribution is 0.0837. The van der Waals surface area contributed by atoms with Crippen molar-refractivity contribution >= 4 is 29.0 Å². The molecular formula is C15H18Cl2O. The normalized spacial score (nSPS) is 28.1. The number of hydrogen-bond donors (Lipinski definition) is 0. The van der Waals surface area contributed by atoms with E-state index < -0.39 is 0 Å². The maximum atomic E-state index is 12.4. The van der Waals surface area contributed by atoms with Gasteiger partial charge in [-0.3, -0.25) is 4.79 Å². The van der Waals surface area contributed by atoms with E-state index >= 15 is 0 Å². The maximum Gasteiger partial charge on any atom is 0.166 e. The van der Waals surface area contributed by atoms with Gasteiger partial charge in [-0.25, -0.2) is 0 Å². The Morgan fingerprint density at radius 3 is 2.44 bits per heavy atom. The van der Waals surface area contributed by atoms with Crippen LogP contribution in [0.4, 0.5) is 0 Å². The van der Waals surface area contributed by atoms with Crippen LogP contribution in [0.2, 0.25) is 10.0 Å². The van der Waals surface area contributed by atoms with E-state index in [2.05, 4.69) is 13.8 Å². The van der Waals surface area contributed by atoms with Gasteiger partial charge in [0, 0.05) is 11.5 Å². The number of rotatable bonds is 2. The first kappa shape index (κ1) is 13.9. The molecule has 98 valence electrons. The zero-order valence-corrected chi connectivity index (χ0v) is 12.3. The zero-order valence-electron chi connectivity index (χ0n) is 10.7. The first-order valence-corrected chi connectivity index (χ1v) is 7.24. The van der Waals surface area contributed by atoms with Crippen molar-refractivity contribution in [1.29, 1.82) is 0 Å². The minimum Gasteiger partial charge on any atom is -0.294 e. The molecule has 1 aliphatic carbocycles. The minimum atomic E-state index is 0.147. The second-order valence-corrected chi connectivity index (χ2v) is 6.27. The molecule has 1 fully saturated rings. The molecule has 0 spiro atoms.